The molecule has 0 aromatic carbocycles. The van der Waals surface area contributed by atoms with Crippen molar-refractivity contribution < 1.29 is 0 Å². The molecule has 0 radical (unpaired) electrons. The van der Waals surface area contributed by atoms with Crippen LogP contribution in [0.1, 0.15) is 5.69 Å². The van der Waals surface area contributed by atoms with Crippen LogP contribution >= 0.6 is 35.7 Å². The van der Waals surface area contributed by atoms with Crippen molar-refractivity contribution in [1.29, 1.82) is 0 Å². The van der Waals surface area contributed by atoms with Crippen molar-refractivity contribution in [3.8, 4) is 0 Å². The van der Waals surface area contributed by atoms with Gasteiger partial charge >= 0.3 is 0 Å². The van der Waals surface area contributed by atoms with E-state index < -0.39 is 0 Å². The molecule has 3 N–H and O–H groups in total. The Kier molecular flexibility index (Phi) is 11.8. The lowest BCUT2D eigenvalue weighted by Gasteiger charge is -2.05. The van der Waals surface area contributed by atoms with Crippen LogP contribution in [-0.2, 0) is 6.42 Å². The fraction of sp³-hybridized carbons (Fsp3) is 0.385. The number of hydrogen-bond donors (Lipinski definition) is 2. The minimum atomic E-state index is 0. The van der Waals surface area contributed by atoms with Crippen molar-refractivity contribution in [1.82, 2.24) is 10.3 Å². The van der Waals surface area contributed by atoms with Crippen LogP contribution in [0.2, 0.25) is 0 Å². The lowest BCUT2D eigenvalue weighted by atomic mass is 10.3. The van der Waals surface area contributed by atoms with Crippen molar-refractivity contribution in [2.75, 3.05) is 24.6 Å². The summed E-state index contributed by atoms with van der Waals surface area (Å²) in [5, 5.41) is 3.08. The second-order valence-corrected chi connectivity index (χ2v) is 4.78. The van der Waals surface area contributed by atoms with E-state index in [9.17, 15) is 0 Å². The van der Waals surface area contributed by atoms with Gasteiger partial charge in [0.05, 0.1) is 6.54 Å². The number of halogens is 1. The molecule has 0 amide bonds. The molecule has 0 spiro atoms. The van der Waals surface area contributed by atoms with Crippen LogP contribution in [0.5, 0.6) is 0 Å². The molecule has 1 aromatic rings. The standard InChI is InChI=1S/C13H20N4S.HI/c1-2-10-18-11-9-17-13(14)16-8-6-12-5-3-4-7-15-12;/h2-5,7H,1,6,8-11H2,(H3,14,16,17);1H. The third-order valence-electron chi connectivity index (χ3n) is 2.17. The van der Waals surface area contributed by atoms with E-state index in [2.05, 4.69) is 21.9 Å². The monoisotopic (exact) mass is 392 g/mol. The number of nitrogens with two attached hydrogens (primary N) is 1. The van der Waals surface area contributed by atoms with E-state index in [4.69, 9.17) is 5.73 Å². The molecule has 0 saturated carbocycles. The smallest absolute Gasteiger partial charge is 0.188 e. The van der Waals surface area contributed by atoms with Gasteiger partial charge < -0.3 is 11.1 Å². The number of thioether (sulfide) groups is 1. The van der Waals surface area contributed by atoms with E-state index in [0.717, 1.165) is 36.7 Å². The zero-order chi connectivity index (χ0) is 13.1. The summed E-state index contributed by atoms with van der Waals surface area (Å²) in [5.74, 6) is 2.43. The number of nitrogens with one attached hydrogen (secondary N) is 1. The summed E-state index contributed by atoms with van der Waals surface area (Å²) in [6.07, 6.45) is 4.54. The number of aromatic nitrogens is 1. The summed E-state index contributed by atoms with van der Waals surface area (Å²) < 4.78 is 0. The molecule has 6 heteroatoms. The van der Waals surface area contributed by atoms with Gasteiger partial charge in [-0.25, -0.2) is 0 Å². The van der Waals surface area contributed by atoms with Gasteiger partial charge in [0.15, 0.2) is 5.96 Å². The Morgan fingerprint density at radius 3 is 3.05 bits per heavy atom. The van der Waals surface area contributed by atoms with Crippen molar-refractivity contribution in [2.45, 2.75) is 6.42 Å². The van der Waals surface area contributed by atoms with Crippen LogP contribution in [0.15, 0.2) is 42.0 Å². The minimum absolute atomic E-state index is 0. The highest BCUT2D eigenvalue weighted by molar-refractivity contribution is 14.0. The highest BCUT2D eigenvalue weighted by atomic mass is 127. The quantitative estimate of drug-likeness (QED) is 0.234. The van der Waals surface area contributed by atoms with Crippen LogP contribution in [-0.4, -0.2) is 35.5 Å². The number of guanidine groups is 1. The number of hydrogen-bond acceptors (Lipinski definition) is 3. The van der Waals surface area contributed by atoms with E-state index in [0.29, 0.717) is 5.96 Å². The molecule has 0 aliphatic heterocycles. The predicted molar refractivity (Wildman–Crippen MR) is 95.4 cm³/mol. The summed E-state index contributed by atoms with van der Waals surface area (Å²) in [6, 6.07) is 5.89. The van der Waals surface area contributed by atoms with Gasteiger partial charge in [-0.1, -0.05) is 12.1 Å². The fourth-order valence-electron chi connectivity index (χ4n) is 1.32. The van der Waals surface area contributed by atoms with Crippen molar-refractivity contribution >= 4 is 41.7 Å². The molecule has 0 saturated heterocycles. The van der Waals surface area contributed by atoms with Crippen molar-refractivity contribution in [2.24, 2.45) is 10.7 Å². The molecule has 0 atom stereocenters. The maximum Gasteiger partial charge on any atom is 0.188 e. The summed E-state index contributed by atoms with van der Waals surface area (Å²) in [5.41, 5.74) is 6.80. The number of rotatable bonds is 8. The lowest BCUT2D eigenvalue weighted by Crippen LogP contribution is -2.33. The highest BCUT2D eigenvalue weighted by Crippen LogP contribution is 1.98. The second kappa shape index (κ2) is 12.3. The van der Waals surface area contributed by atoms with Gasteiger partial charge in [-0.2, -0.15) is 11.8 Å². The molecule has 0 unspecified atom stereocenters. The summed E-state index contributed by atoms with van der Waals surface area (Å²) in [4.78, 5) is 8.47. The third-order valence-corrected chi connectivity index (χ3v) is 3.11. The summed E-state index contributed by atoms with van der Waals surface area (Å²) >= 11 is 1.80. The van der Waals surface area contributed by atoms with Crippen LogP contribution in [0.3, 0.4) is 0 Å². The average Bonchev–Trinajstić information content (AvgIpc) is 2.40. The van der Waals surface area contributed by atoms with Gasteiger partial charge in [-0.15, -0.1) is 30.6 Å². The Bertz CT molecular complexity index is 370. The molecule has 1 aromatic heterocycles. The van der Waals surface area contributed by atoms with Crippen molar-refractivity contribution in [3.05, 3.63) is 42.7 Å². The predicted octanol–water partition coefficient (Wildman–Crippen LogP) is 2.07. The van der Waals surface area contributed by atoms with E-state index in [1.807, 2.05) is 24.3 Å². The topological polar surface area (TPSA) is 63.3 Å². The van der Waals surface area contributed by atoms with Gasteiger partial charge in [-0.3, -0.25) is 9.98 Å². The van der Waals surface area contributed by atoms with E-state index in [1.54, 1.807) is 18.0 Å². The van der Waals surface area contributed by atoms with Crippen LogP contribution < -0.4 is 11.1 Å². The Morgan fingerprint density at radius 2 is 2.37 bits per heavy atom. The maximum absolute atomic E-state index is 5.74. The molecule has 19 heavy (non-hydrogen) atoms. The Balaban J connectivity index is 0.00000324. The van der Waals surface area contributed by atoms with Crippen LogP contribution in [0, 0.1) is 0 Å². The fourth-order valence-corrected chi connectivity index (χ4v) is 1.87. The van der Waals surface area contributed by atoms with Gasteiger partial charge in [0, 0.05) is 36.4 Å². The maximum atomic E-state index is 5.74. The summed E-state index contributed by atoms with van der Waals surface area (Å²) in [6.45, 7) is 5.16. The molecule has 0 fully saturated rings. The average molecular weight is 392 g/mol. The van der Waals surface area contributed by atoms with E-state index in [1.165, 1.54) is 0 Å². The Hall–Kier alpha value is -0.760. The van der Waals surface area contributed by atoms with Gasteiger partial charge in [0.1, 0.15) is 0 Å². The molecule has 0 aliphatic carbocycles. The first-order chi connectivity index (χ1) is 8.83. The Labute approximate surface area is 136 Å². The molecule has 4 nitrogen and oxygen atoms in total. The normalized spacial score (nSPS) is 10.6. The van der Waals surface area contributed by atoms with Gasteiger partial charge in [0.2, 0.25) is 0 Å². The molecule has 1 rings (SSSR count). The molecule has 106 valence electrons. The Morgan fingerprint density at radius 1 is 1.53 bits per heavy atom. The van der Waals surface area contributed by atoms with Gasteiger partial charge in [-0.05, 0) is 12.1 Å². The third kappa shape index (κ3) is 9.77. The number of pyridine rings is 1. The second-order valence-electron chi connectivity index (χ2n) is 3.63. The molecule has 1 heterocycles. The lowest BCUT2D eigenvalue weighted by molar-refractivity contribution is 0.830. The zero-order valence-corrected chi connectivity index (χ0v) is 14.1. The van der Waals surface area contributed by atoms with Crippen LogP contribution in [0.25, 0.3) is 0 Å². The van der Waals surface area contributed by atoms with Gasteiger partial charge in [0.25, 0.3) is 0 Å². The molecular weight excluding hydrogens is 371 g/mol. The van der Waals surface area contributed by atoms with E-state index >= 15 is 0 Å². The minimum Gasteiger partial charge on any atom is -0.370 e. The molecule has 0 bridgehead atoms. The molecule has 0 aliphatic rings. The SMILES string of the molecule is C=CCSCCN=C(N)NCCc1ccccn1.I. The van der Waals surface area contributed by atoms with Crippen LogP contribution in [0.4, 0.5) is 0 Å². The first-order valence-electron chi connectivity index (χ1n) is 5.95. The largest absolute Gasteiger partial charge is 0.370 e. The first-order valence-corrected chi connectivity index (χ1v) is 7.10. The molecular formula is C13H21IN4S. The highest BCUT2D eigenvalue weighted by Gasteiger charge is 1.94. The number of nitrogens with zero attached hydrogens (tertiary/aromatic N) is 2. The summed E-state index contributed by atoms with van der Waals surface area (Å²) in [7, 11) is 0. The van der Waals surface area contributed by atoms with Crippen molar-refractivity contribution in [3.63, 3.8) is 0 Å². The zero-order valence-electron chi connectivity index (χ0n) is 10.9. The number of aliphatic imine (C=N–C) groups is 1. The van der Waals surface area contributed by atoms with E-state index in [-0.39, 0.29) is 24.0 Å². The first kappa shape index (κ1) is 18.2.